The molecule has 236 valence electrons. The summed E-state index contributed by atoms with van der Waals surface area (Å²) in [5.74, 6) is 0.528. The van der Waals surface area contributed by atoms with Gasteiger partial charge in [-0.25, -0.2) is 13.9 Å². The zero-order valence-electron chi connectivity index (χ0n) is 23.1. The molecule has 45 heavy (non-hydrogen) atoms. The SMILES string of the molecule is Nc1ccn(C2CSC(CO)O2)c(=O)n1.O=P(O)(O)Oc1ccc2ccccc2c1-c1c(OP(=O)(O)O)ccc2ccccc12. The molecule has 0 radical (unpaired) electrons. The van der Waals surface area contributed by atoms with Gasteiger partial charge in [0.1, 0.15) is 29.0 Å². The van der Waals surface area contributed by atoms with Crippen molar-refractivity contribution in [1.29, 1.82) is 0 Å². The minimum atomic E-state index is -4.92. The fourth-order valence-corrected chi connectivity index (χ4v) is 6.50. The van der Waals surface area contributed by atoms with Crippen LogP contribution in [0.1, 0.15) is 6.23 Å². The van der Waals surface area contributed by atoms with Crippen molar-refractivity contribution in [2.75, 3.05) is 18.1 Å². The molecule has 1 aliphatic rings. The fourth-order valence-electron chi connectivity index (χ4n) is 4.76. The van der Waals surface area contributed by atoms with Gasteiger partial charge in [-0.3, -0.25) is 24.1 Å². The molecule has 14 nitrogen and oxygen atoms in total. The summed E-state index contributed by atoms with van der Waals surface area (Å²) in [6.45, 7) is -0.0572. The molecule has 2 unspecified atom stereocenters. The quantitative estimate of drug-likeness (QED) is 0.134. The van der Waals surface area contributed by atoms with Crippen LogP contribution in [0.5, 0.6) is 11.5 Å². The zero-order valence-corrected chi connectivity index (χ0v) is 25.7. The number of nitrogen functional groups attached to an aromatic ring is 1. The number of hydrogen-bond acceptors (Lipinski definition) is 10. The fraction of sp³-hybridized carbons (Fsp3) is 0.143. The zero-order chi connectivity index (χ0) is 32.4. The molecule has 7 N–H and O–H groups in total. The molecule has 2 atom stereocenters. The van der Waals surface area contributed by atoms with Crippen LogP contribution in [0.25, 0.3) is 32.7 Å². The van der Waals surface area contributed by atoms with Gasteiger partial charge >= 0.3 is 21.3 Å². The molecular weight excluding hydrogens is 648 g/mol. The second-order valence-electron chi connectivity index (χ2n) is 9.56. The lowest BCUT2D eigenvalue weighted by Gasteiger charge is -2.19. The number of rotatable bonds is 7. The standard InChI is InChI=1S/C20H16O8P2.C8H11N3O3S/c21-29(22,23)27-17-11-9-13-5-1-3-7-15(13)19(17)20-16-8-4-2-6-14(16)10-12-18(20)28-30(24,25)26;9-5-1-2-11(8(13)10-5)6-4-15-7(3-12)14-6/h1-12H,(H2,21,22,23)(H2,24,25,26);1-2,6-7,12H,3-4H2,(H2,9,10,13). The molecule has 17 heteroatoms. The molecular formula is C28H27N3O11P2S. The second-order valence-corrected chi connectivity index (χ2v) is 13.1. The predicted molar refractivity (Wildman–Crippen MR) is 169 cm³/mol. The summed E-state index contributed by atoms with van der Waals surface area (Å²) in [5.41, 5.74) is 5.17. The van der Waals surface area contributed by atoms with Crippen LogP contribution in [0, 0.1) is 0 Å². The maximum absolute atomic E-state index is 11.6. The number of anilines is 1. The lowest BCUT2D eigenvalue weighted by Crippen LogP contribution is -2.28. The predicted octanol–water partition coefficient (Wildman–Crippen LogP) is 4.01. The number of hydrogen-bond donors (Lipinski definition) is 6. The van der Waals surface area contributed by atoms with Crippen molar-refractivity contribution in [2.45, 2.75) is 11.7 Å². The minimum absolute atomic E-state index is 0.0572. The summed E-state index contributed by atoms with van der Waals surface area (Å²) in [4.78, 5) is 52.7. The normalized spacial score (nSPS) is 16.7. The van der Waals surface area contributed by atoms with Gasteiger partial charge in [0.05, 0.1) is 6.61 Å². The first kappa shape index (κ1) is 32.6. The highest BCUT2D eigenvalue weighted by Gasteiger charge is 2.28. The van der Waals surface area contributed by atoms with E-state index in [9.17, 15) is 33.5 Å². The lowest BCUT2D eigenvalue weighted by atomic mass is 9.92. The molecule has 1 fully saturated rings. The Morgan fingerprint density at radius 1 is 0.844 bits per heavy atom. The Hall–Kier alpha value is -3.75. The van der Waals surface area contributed by atoms with E-state index in [0.29, 0.717) is 16.5 Å². The lowest BCUT2D eigenvalue weighted by molar-refractivity contribution is -0.00629. The number of aliphatic hydroxyl groups excluding tert-OH is 1. The van der Waals surface area contributed by atoms with Crippen molar-refractivity contribution in [3.8, 4) is 22.6 Å². The Morgan fingerprint density at radius 2 is 1.36 bits per heavy atom. The van der Waals surface area contributed by atoms with Crippen LogP contribution >= 0.6 is 27.4 Å². The number of fused-ring (bicyclic) bond motifs is 2. The van der Waals surface area contributed by atoms with Crippen molar-refractivity contribution < 1.29 is 47.6 Å². The number of aliphatic hydroxyl groups is 1. The van der Waals surface area contributed by atoms with Crippen LogP contribution in [0.2, 0.25) is 0 Å². The molecule has 4 aromatic carbocycles. The molecule has 0 spiro atoms. The van der Waals surface area contributed by atoms with Gasteiger partial charge < -0.3 is 24.6 Å². The van der Waals surface area contributed by atoms with Gasteiger partial charge in [-0.15, -0.1) is 11.8 Å². The van der Waals surface area contributed by atoms with E-state index >= 15 is 0 Å². The summed E-state index contributed by atoms with van der Waals surface area (Å²) in [5, 5.41) is 11.5. The van der Waals surface area contributed by atoms with Gasteiger partial charge in [0.25, 0.3) is 0 Å². The van der Waals surface area contributed by atoms with E-state index in [4.69, 9.17) is 24.6 Å². The van der Waals surface area contributed by atoms with E-state index in [0.717, 1.165) is 10.8 Å². The molecule has 1 aliphatic heterocycles. The highest BCUT2D eigenvalue weighted by molar-refractivity contribution is 8.00. The Labute approximate surface area is 259 Å². The van der Waals surface area contributed by atoms with Crippen molar-refractivity contribution in [3.63, 3.8) is 0 Å². The number of phosphoric ester groups is 2. The summed E-state index contributed by atoms with van der Waals surface area (Å²) in [6, 6.07) is 21.7. The van der Waals surface area contributed by atoms with Gasteiger partial charge in [-0.2, -0.15) is 4.98 Å². The van der Waals surface area contributed by atoms with Crippen LogP contribution in [-0.2, 0) is 13.9 Å². The third kappa shape index (κ3) is 7.92. The molecule has 0 amide bonds. The average molecular weight is 676 g/mol. The Morgan fingerprint density at radius 3 is 1.80 bits per heavy atom. The highest BCUT2D eigenvalue weighted by Crippen LogP contribution is 2.51. The third-order valence-electron chi connectivity index (χ3n) is 6.51. The third-order valence-corrected chi connectivity index (χ3v) is 8.49. The van der Waals surface area contributed by atoms with Crippen LogP contribution in [0.15, 0.2) is 89.9 Å². The maximum atomic E-state index is 11.6. The van der Waals surface area contributed by atoms with Crippen LogP contribution in [0.4, 0.5) is 5.82 Å². The molecule has 0 aliphatic carbocycles. The summed E-state index contributed by atoms with van der Waals surface area (Å²) in [7, 11) is -9.85. The maximum Gasteiger partial charge on any atom is 0.524 e. The van der Waals surface area contributed by atoms with Gasteiger partial charge in [-0.1, -0.05) is 60.7 Å². The number of thioether (sulfide) groups is 1. The summed E-state index contributed by atoms with van der Waals surface area (Å²) < 4.78 is 39.9. The summed E-state index contributed by atoms with van der Waals surface area (Å²) in [6.07, 6.45) is 1.18. The largest absolute Gasteiger partial charge is 0.524 e. The summed E-state index contributed by atoms with van der Waals surface area (Å²) >= 11 is 1.47. The Kier molecular flexibility index (Phi) is 9.65. The molecule has 2 heterocycles. The number of nitrogens with two attached hydrogens (primary N) is 1. The Balaban J connectivity index is 0.000000223. The van der Waals surface area contributed by atoms with Gasteiger partial charge in [0.2, 0.25) is 0 Å². The number of phosphoric acid groups is 2. The first-order valence-corrected chi connectivity index (χ1v) is 17.2. The first-order valence-electron chi connectivity index (χ1n) is 13.1. The number of benzene rings is 4. The van der Waals surface area contributed by atoms with E-state index < -0.39 is 21.3 Å². The minimum Gasteiger partial charge on any atom is -0.404 e. The van der Waals surface area contributed by atoms with Gasteiger partial charge in [-0.05, 0) is 39.7 Å². The van der Waals surface area contributed by atoms with Crippen LogP contribution in [-0.4, -0.2) is 52.0 Å². The Bertz CT molecular complexity index is 1910. The molecule has 5 aromatic rings. The van der Waals surface area contributed by atoms with Crippen molar-refractivity contribution in [3.05, 3.63) is 95.5 Å². The smallest absolute Gasteiger partial charge is 0.404 e. The van der Waals surface area contributed by atoms with Crippen LogP contribution in [0.3, 0.4) is 0 Å². The molecule has 1 aromatic heterocycles. The van der Waals surface area contributed by atoms with E-state index in [-0.39, 0.29) is 46.7 Å². The van der Waals surface area contributed by atoms with E-state index in [2.05, 4.69) is 4.98 Å². The van der Waals surface area contributed by atoms with Crippen molar-refractivity contribution in [2.24, 2.45) is 0 Å². The van der Waals surface area contributed by atoms with Crippen molar-refractivity contribution >= 4 is 54.8 Å². The van der Waals surface area contributed by atoms with E-state index in [1.165, 1.54) is 28.5 Å². The van der Waals surface area contributed by atoms with Gasteiger partial charge in [0, 0.05) is 23.1 Å². The van der Waals surface area contributed by atoms with E-state index in [1.54, 1.807) is 72.9 Å². The number of ether oxygens (including phenoxy) is 1. The van der Waals surface area contributed by atoms with Gasteiger partial charge in [0.15, 0.2) is 0 Å². The molecule has 1 saturated heterocycles. The highest BCUT2D eigenvalue weighted by atomic mass is 32.2. The topological polar surface area (TPSA) is 224 Å². The average Bonchev–Trinajstić information content (AvgIpc) is 3.45. The molecule has 0 saturated carbocycles. The first-order chi connectivity index (χ1) is 21.3. The second kappa shape index (κ2) is 13.3. The van der Waals surface area contributed by atoms with E-state index in [1.807, 2.05) is 0 Å². The van der Waals surface area contributed by atoms with Crippen molar-refractivity contribution in [1.82, 2.24) is 9.55 Å². The molecule has 0 bridgehead atoms. The monoisotopic (exact) mass is 675 g/mol. The van der Waals surface area contributed by atoms with Crippen LogP contribution < -0.4 is 20.5 Å². The number of nitrogens with zero attached hydrogens (tertiary/aromatic N) is 2. The molecule has 6 rings (SSSR count). The number of aromatic nitrogens is 2.